The Morgan fingerprint density at radius 3 is 2.78 bits per heavy atom. The molecule has 1 heterocycles. The third-order valence-corrected chi connectivity index (χ3v) is 2.40. The Morgan fingerprint density at radius 1 is 1.17 bits per heavy atom. The smallest absolute Gasteiger partial charge is 0.0950 e. The van der Waals surface area contributed by atoms with Gasteiger partial charge in [0, 0.05) is 40.1 Å². The van der Waals surface area contributed by atoms with Crippen LogP contribution < -0.4 is 5.32 Å². The molecule has 0 saturated carbocycles. The standard InChI is InChI=1S/C12H23N3O3/c1-16-5-3-13-9-12-10-15(11-14-12)4-6-18-8-7-17-2/h10-11,13H,3-9H2,1-2H3. The van der Waals surface area contributed by atoms with Gasteiger partial charge in [-0.1, -0.05) is 0 Å². The van der Waals surface area contributed by atoms with Crippen molar-refractivity contribution in [2.24, 2.45) is 0 Å². The predicted molar refractivity (Wildman–Crippen MR) is 68.5 cm³/mol. The molecule has 0 aromatic carbocycles. The van der Waals surface area contributed by atoms with Gasteiger partial charge in [-0.15, -0.1) is 0 Å². The Labute approximate surface area is 108 Å². The molecule has 0 amide bonds. The molecule has 0 unspecified atom stereocenters. The molecule has 1 aromatic heterocycles. The number of methoxy groups -OCH3 is 2. The molecule has 0 aliphatic rings. The van der Waals surface area contributed by atoms with Crippen LogP contribution >= 0.6 is 0 Å². The van der Waals surface area contributed by atoms with Crippen LogP contribution in [0.3, 0.4) is 0 Å². The predicted octanol–water partition coefficient (Wildman–Crippen LogP) is 0.282. The van der Waals surface area contributed by atoms with Crippen molar-refractivity contribution < 1.29 is 14.2 Å². The minimum Gasteiger partial charge on any atom is -0.383 e. The summed E-state index contributed by atoms with van der Waals surface area (Å²) in [5.41, 5.74) is 1.03. The number of rotatable bonds is 11. The molecular formula is C12H23N3O3. The topological polar surface area (TPSA) is 57.5 Å². The highest BCUT2D eigenvalue weighted by Gasteiger charge is 1.98. The summed E-state index contributed by atoms with van der Waals surface area (Å²) in [4.78, 5) is 4.31. The zero-order valence-electron chi connectivity index (χ0n) is 11.2. The van der Waals surface area contributed by atoms with E-state index in [1.807, 2.05) is 17.1 Å². The van der Waals surface area contributed by atoms with Gasteiger partial charge in [-0.2, -0.15) is 0 Å². The highest BCUT2D eigenvalue weighted by molar-refractivity contribution is 4.95. The number of nitrogens with one attached hydrogen (secondary N) is 1. The molecule has 18 heavy (non-hydrogen) atoms. The van der Waals surface area contributed by atoms with Gasteiger partial charge in [0.1, 0.15) is 0 Å². The summed E-state index contributed by atoms with van der Waals surface area (Å²) in [5, 5.41) is 3.25. The van der Waals surface area contributed by atoms with Crippen LogP contribution in [-0.2, 0) is 27.3 Å². The molecule has 6 heteroatoms. The second-order valence-corrected chi connectivity index (χ2v) is 3.88. The van der Waals surface area contributed by atoms with E-state index in [-0.39, 0.29) is 0 Å². The first-order chi connectivity index (χ1) is 8.86. The van der Waals surface area contributed by atoms with Crippen molar-refractivity contribution in [3.8, 4) is 0 Å². The molecule has 1 N–H and O–H groups in total. The minimum absolute atomic E-state index is 0.636. The Kier molecular flexibility index (Phi) is 8.41. The van der Waals surface area contributed by atoms with Gasteiger partial charge >= 0.3 is 0 Å². The third kappa shape index (κ3) is 6.70. The molecular weight excluding hydrogens is 234 g/mol. The Hall–Kier alpha value is -0.950. The summed E-state index contributed by atoms with van der Waals surface area (Å²) in [6.07, 6.45) is 3.85. The van der Waals surface area contributed by atoms with Crippen molar-refractivity contribution in [2.75, 3.05) is 47.2 Å². The maximum absolute atomic E-state index is 5.39. The summed E-state index contributed by atoms with van der Waals surface area (Å²) in [5.74, 6) is 0. The van der Waals surface area contributed by atoms with E-state index >= 15 is 0 Å². The molecule has 0 spiro atoms. The Morgan fingerprint density at radius 2 is 2.00 bits per heavy atom. The lowest BCUT2D eigenvalue weighted by molar-refractivity contribution is 0.0666. The van der Waals surface area contributed by atoms with Crippen LogP contribution in [0.4, 0.5) is 0 Å². The van der Waals surface area contributed by atoms with E-state index in [0.29, 0.717) is 26.4 Å². The number of ether oxygens (including phenoxy) is 3. The van der Waals surface area contributed by atoms with Crippen LogP contribution in [0.2, 0.25) is 0 Å². The lowest BCUT2D eigenvalue weighted by atomic mass is 10.4. The highest BCUT2D eigenvalue weighted by Crippen LogP contribution is 1.96. The first-order valence-corrected chi connectivity index (χ1v) is 6.13. The van der Waals surface area contributed by atoms with Crippen molar-refractivity contribution in [3.05, 3.63) is 18.2 Å². The van der Waals surface area contributed by atoms with E-state index in [4.69, 9.17) is 14.2 Å². The molecule has 1 rings (SSSR count). The zero-order valence-corrected chi connectivity index (χ0v) is 11.2. The molecule has 0 aliphatic heterocycles. The van der Waals surface area contributed by atoms with Crippen LogP contribution in [0.25, 0.3) is 0 Å². The molecule has 0 atom stereocenters. The first-order valence-electron chi connectivity index (χ1n) is 6.13. The number of hydrogen-bond acceptors (Lipinski definition) is 5. The van der Waals surface area contributed by atoms with Gasteiger partial charge < -0.3 is 24.1 Å². The van der Waals surface area contributed by atoms with Crippen LogP contribution in [0.1, 0.15) is 5.69 Å². The third-order valence-electron chi connectivity index (χ3n) is 2.40. The maximum Gasteiger partial charge on any atom is 0.0950 e. The van der Waals surface area contributed by atoms with Gasteiger partial charge in [-0.05, 0) is 0 Å². The zero-order chi connectivity index (χ0) is 13.1. The fraction of sp³-hybridized carbons (Fsp3) is 0.750. The van der Waals surface area contributed by atoms with Crippen molar-refractivity contribution in [3.63, 3.8) is 0 Å². The lowest BCUT2D eigenvalue weighted by Gasteiger charge is -2.04. The van der Waals surface area contributed by atoms with Crippen LogP contribution in [0, 0.1) is 0 Å². The van der Waals surface area contributed by atoms with E-state index in [2.05, 4.69) is 10.3 Å². The fourth-order valence-electron chi connectivity index (χ4n) is 1.42. The van der Waals surface area contributed by atoms with Gasteiger partial charge in [-0.25, -0.2) is 4.98 Å². The summed E-state index contributed by atoms with van der Waals surface area (Å²) < 4.78 is 17.3. The molecule has 0 radical (unpaired) electrons. The van der Waals surface area contributed by atoms with E-state index in [1.165, 1.54) is 0 Å². The molecule has 1 aromatic rings. The summed E-state index contributed by atoms with van der Waals surface area (Å²) in [6, 6.07) is 0. The molecule has 0 saturated heterocycles. The van der Waals surface area contributed by atoms with Gasteiger partial charge in [0.2, 0.25) is 0 Å². The normalized spacial score (nSPS) is 11.0. The number of aromatic nitrogens is 2. The summed E-state index contributed by atoms with van der Waals surface area (Å²) >= 11 is 0. The largest absolute Gasteiger partial charge is 0.383 e. The SMILES string of the molecule is COCCNCc1cn(CCOCCOC)cn1. The second-order valence-electron chi connectivity index (χ2n) is 3.88. The van der Waals surface area contributed by atoms with Gasteiger partial charge in [0.25, 0.3) is 0 Å². The van der Waals surface area contributed by atoms with Crippen molar-refractivity contribution in [2.45, 2.75) is 13.1 Å². The number of hydrogen-bond donors (Lipinski definition) is 1. The highest BCUT2D eigenvalue weighted by atomic mass is 16.5. The lowest BCUT2D eigenvalue weighted by Crippen LogP contribution is -2.18. The van der Waals surface area contributed by atoms with Crippen molar-refractivity contribution in [1.82, 2.24) is 14.9 Å². The molecule has 0 bridgehead atoms. The van der Waals surface area contributed by atoms with E-state index in [9.17, 15) is 0 Å². The van der Waals surface area contributed by atoms with Crippen molar-refractivity contribution >= 4 is 0 Å². The quantitative estimate of drug-likeness (QED) is 0.577. The van der Waals surface area contributed by atoms with Gasteiger partial charge in [0.15, 0.2) is 0 Å². The van der Waals surface area contributed by atoms with Crippen LogP contribution in [0.5, 0.6) is 0 Å². The summed E-state index contributed by atoms with van der Waals surface area (Å²) in [6.45, 7) is 5.08. The second kappa shape index (κ2) is 10.0. The van der Waals surface area contributed by atoms with Crippen molar-refractivity contribution in [1.29, 1.82) is 0 Å². The molecule has 6 nitrogen and oxygen atoms in total. The monoisotopic (exact) mass is 257 g/mol. The molecule has 104 valence electrons. The van der Waals surface area contributed by atoms with E-state index < -0.39 is 0 Å². The van der Waals surface area contributed by atoms with E-state index in [0.717, 1.165) is 25.3 Å². The number of nitrogens with zero attached hydrogens (tertiary/aromatic N) is 2. The number of imidazole rings is 1. The fourth-order valence-corrected chi connectivity index (χ4v) is 1.42. The maximum atomic E-state index is 5.39. The summed E-state index contributed by atoms with van der Waals surface area (Å²) in [7, 11) is 3.36. The Balaban J connectivity index is 2.10. The van der Waals surface area contributed by atoms with Crippen LogP contribution in [0.15, 0.2) is 12.5 Å². The molecule has 0 aliphatic carbocycles. The Bertz CT molecular complexity index is 305. The minimum atomic E-state index is 0.636. The van der Waals surface area contributed by atoms with Gasteiger partial charge in [0.05, 0.1) is 38.4 Å². The van der Waals surface area contributed by atoms with Gasteiger partial charge in [-0.3, -0.25) is 0 Å². The van der Waals surface area contributed by atoms with Crippen LogP contribution in [-0.4, -0.2) is 56.7 Å². The molecule has 0 fully saturated rings. The average Bonchev–Trinajstić information content (AvgIpc) is 2.82. The average molecular weight is 257 g/mol. The first kappa shape index (κ1) is 15.1. The van der Waals surface area contributed by atoms with E-state index in [1.54, 1.807) is 14.2 Å².